The fourth-order valence-corrected chi connectivity index (χ4v) is 2.23. The number of alkyl halides is 2. The van der Waals surface area contributed by atoms with E-state index in [9.17, 15) is 13.6 Å². The highest BCUT2D eigenvalue weighted by Crippen LogP contribution is 2.38. The Balaban J connectivity index is 1.81. The fraction of sp³-hybridized carbons (Fsp3) is 0.308. The Bertz CT molecular complexity index is 738. The van der Waals surface area contributed by atoms with Crippen LogP contribution < -0.4 is 14.8 Å². The maximum absolute atomic E-state index is 12.4. The van der Waals surface area contributed by atoms with Gasteiger partial charge in [-0.2, -0.15) is 4.98 Å². The monoisotopic (exact) mass is 344 g/mol. The molecule has 2 aromatic rings. The van der Waals surface area contributed by atoms with Crippen molar-refractivity contribution in [3.8, 4) is 11.5 Å². The molecule has 1 aromatic carbocycles. The van der Waals surface area contributed by atoms with Crippen molar-refractivity contribution >= 4 is 23.5 Å². The number of halogens is 3. The van der Waals surface area contributed by atoms with E-state index in [-0.39, 0.29) is 16.5 Å². The molecule has 2 N–H and O–H groups in total. The Morgan fingerprint density at radius 3 is 2.87 bits per heavy atom. The first-order valence-corrected chi connectivity index (χ1v) is 7.03. The van der Waals surface area contributed by atoms with Crippen LogP contribution in [-0.4, -0.2) is 34.3 Å². The average Bonchev–Trinajstić information content (AvgIpc) is 2.84. The van der Waals surface area contributed by atoms with Crippen LogP contribution in [0.25, 0.3) is 0 Å². The highest BCUT2D eigenvalue weighted by atomic mass is 35.5. The zero-order valence-electron chi connectivity index (χ0n) is 11.6. The molecule has 1 aliphatic rings. The Hall–Kier alpha value is -2.42. The summed E-state index contributed by atoms with van der Waals surface area (Å²) < 4.78 is 35.8. The van der Waals surface area contributed by atoms with Gasteiger partial charge in [-0.25, -0.2) is 8.78 Å². The standard InChI is InChI=1S/C13H11ClF2N4O3/c14-7-4-6(5-8-9(7)23-3-1-2-22-8)12(21)18-13-17-11(10(15)16)19-20-13/h4-5,10H,1-3H2,(H2,17,18,19,20,21). The van der Waals surface area contributed by atoms with E-state index in [0.29, 0.717) is 31.1 Å². The highest BCUT2D eigenvalue weighted by Gasteiger charge is 2.20. The molecule has 23 heavy (non-hydrogen) atoms. The number of nitrogens with one attached hydrogen (secondary N) is 2. The van der Waals surface area contributed by atoms with Crippen LogP contribution in [0, 0.1) is 0 Å². The molecule has 2 heterocycles. The number of carbonyl (C=O) groups excluding carboxylic acids is 1. The maximum Gasteiger partial charge on any atom is 0.296 e. The lowest BCUT2D eigenvalue weighted by molar-refractivity contribution is 0.102. The van der Waals surface area contributed by atoms with Crippen LogP contribution in [-0.2, 0) is 0 Å². The molecular formula is C13H11ClF2N4O3. The molecule has 3 rings (SSSR count). The third-order valence-electron chi connectivity index (χ3n) is 3.00. The van der Waals surface area contributed by atoms with Gasteiger partial charge in [-0.3, -0.25) is 15.2 Å². The number of hydrogen-bond acceptors (Lipinski definition) is 5. The van der Waals surface area contributed by atoms with E-state index in [2.05, 4.69) is 15.4 Å². The summed E-state index contributed by atoms with van der Waals surface area (Å²) in [5.41, 5.74) is 0.169. The number of rotatable bonds is 3. The third-order valence-corrected chi connectivity index (χ3v) is 3.28. The highest BCUT2D eigenvalue weighted by molar-refractivity contribution is 6.32. The van der Waals surface area contributed by atoms with Crippen LogP contribution in [0.4, 0.5) is 14.7 Å². The van der Waals surface area contributed by atoms with E-state index in [4.69, 9.17) is 21.1 Å². The zero-order valence-corrected chi connectivity index (χ0v) is 12.4. The zero-order chi connectivity index (χ0) is 16.4. The van der Waals surface area contributed by atoms with Gasteiger partial charge in [0.2, 0.25) is 5.95 Å². The summed E-state index contributed by atoms with van der Waals surface area (Å²) in [7, 11) is 0. The molecule has 0 radical (unpaired) electrons. The largest absolute Gasteiger partial charge is 0.489 e. The van der Waals surface area contributed by atoms with E-state index in [1.54, 1.807) is 0 Å². The van der Waals surface area contributed by atoms with Crippen molar-refractivity contribution in [1.82, 2.24) is 15.2 Å². The molecule has 1 aromatic heterocycles. The number of benzene rings is 1. The van der Waals surface area contributed by atoms with Crippen molar-refractivity contribution in [3.05, 3.63) is 28.5 Å². The van der Waals surface area contributed by atoms with Crippen LogP contribution in [0.5, 0.6) is 11.5 Å². The Kier molecular flexibility index (Phi) is 4.28. The second kappa shape index (κ2) is 6.37. The summed E-state index contributed by atoms with van der Waals surface area (Å²) in [6.07, 6.45) is -2.11. The number of H-pyrrole nitrogens is 1. The number of ether oxygens (including phenoxy) is 2. The van der Waals surface area contributed by atoms with Gasteiger partial charge in [-0.1, -0.05) is 11.6 Å². The van der Waals surface area contributed by atoms with Crippen LogP contribution in [0.15, 0.2) is 12.1 Å². The fourth-order valence-electron chi connectivity index (χ4n) is 1.96. The van der Waals surface area contributed by atoms with Crippen molar-refractivity contribution in [2.75, 3.05) is 18.5 Å². The first-order chi connectivity index (χ1) is 11.0. The molecule has 0 unspecified atom stereocenters. The molecule has 0 bridgehead atoms. The van der Waals surface area contributed by atoms with Gasteiger partial charge in [0.15, 0.2) is 17.3 Å². The molecule has 10 heteroatoms. The number of fused-ring (bicyclic) bond motifs is 1. The number of aromatic amines is 1. The average molecular weight is 345 g/mol. The number of nitrogens with zero attached hydrogens (tertiary/aromatic N) is 2. The minimum atomic E-state index is -2.80. The van der Waals surface area contributed by atoms with Gasteiger partial charge in [-0.15, -0.1) is 5.10 Å². The van der Waals surface area contributed by atoms with E-state index in [0.717, 1.165) is 0 Å². The van der Waals surface area contributed by atoms with Gasteiger partial charge in [0.25, 0.3) is 12.3 Å². The van der Waals surface area contributed by atoms with Crippen molar-refractivity contribution in [2.45, 2.75) is 12.8 Å². The minimum absolute atomic E-state index is 0.169. The first-order valence-electron chi connectivity index (χ1n) is 6.65. The maximum atomic E-state index is 12.4. The van der Waals surface area contributed by atoms with E-state index >= 15 is 0 Å². The van der Waals surface area contributed by atoms with Crippen LogP contribution in [0.2, 0.25) is 5.02 Å². The van der Waals surface area contributed by atoms with Crippen LogP contribution >= 0.6 is 11.6 Å². The second-order valence-electron chi connectivity index (χ2n) is 4.63. The van der Waals surface area contributed by atoms with Gasteiger partial charge in [0.05, 0.1) is 18.2 Å². The molecule has 1 aliphatic heterocycles. The molecule has 0 atom stereocenters. The first kappa shape index (κ1) is 15.5. The van der Waals surface area contributed by atoms with Crippen LogP contribution in [0.1, 0.15) is 29.0 Å². The number of amides is 1. The SMILES string of the molecule is O=C(Nc1n[nH]c(C(F)F)n1)c1cc(Cl)c2c(c1)OCCCO2. The molecule has 0 saturated carbocycles. The summed E-state index contributed by atoms with van der Waals surface area (Å²) >= 11 is 6.09. The van der Waals surface area contributed by atoms with Gasteiger partial charge < -0.3 is 9.47 Å². The van der Waals surface area contributed by atoms with E-state index < -0.39 is 18.2 Å². The van der Waals surface area contributed by atoms with Gasteiger partial charge in [0.1, 0.15) is 0 Å². The summed E-state index contributed by atoms with van der Waals surface area (Å²) in [5.74, 6) is -0.769. The summed E-state index contributed by atoms with van der Waals surface area (Å²) in [6, 6.07) is 2.85. The quantitative estimate of drug-likeness (QED) is 0.893. The molecule has 0 fully saturated rings. The minimum Gasteiger partial charge on any atom is -0.489 e. The normalized spacial score (nSPS) is 13.7. The molecule has 122 valence electrons. The lowest BCUT2D eigenvalue weighted by atomic mass is 10.2. The van der Waals surface area contributed by atoms with E-state index in [1.807, 2.05) is 5.10 Å². The van der Waals surface area contributed by atoms with Crippen molar-refractivity contribution in [3.63, 3.8) is 0 Å². The van der Waals surface area contributed by atoms with Crippen molar-refractivity contribution in [2.24, 2.45) is 0 Å². The smallest absolute Gasteiger partial charge is 0.296 e. The number of carbonyl (C=O) groups is 1. The predicted octanol–water partition coefficient (Wildman–Crippen LogP) is 2.81. The number of anilines is 1. The Morgan fingerprint density at radius 1 is 1.35 bits per heavy atom. The van der Waals surface area contributed by atoms with Crippen molar-refractivity contribution < 1.29 is 23.0 Å². The lowest BCUT2D eigenvalue weighted by Gasteiger charge is -2.11. The second-order valence-corrected chi connectivity index (χ2v) is 5.04. The van der Waals surface area contributed by atoms with Gasteiger partial charge in [-0.05, 0) is 12.1 Å². The molecule has 0 aliphatic carbocycles. The topological polar surface area (TPSA) is 89.1 Å². The number of aromatic nitrogens is 3. The Labute approximate surface area is 133 Å². The molecule has 0 spiro atoms. The molecule has 1 amide bonds. The summed E-state index contributed by atoms with van der Waals surface area (Å²) in [5, 5.41) is 8.05. The lowest BCUT2D eigenvalue weighted by Crippen LogP contribution is -2.13. The Morgan fingerprint density at radius 2 is 2.13 bits per heavy atom. The molecular weight excluding hydrogens is 334 g/mol. The van der Waals surface area contributed by atoms with Crippen LogP contribution in [0.3, 0.4) is 0 Å². The molecule has 0 saturated heterocycles. The van der Waals surface area contributed by atoms with Gasteiger partial charge in [0, 0.05) is 12.0 Å². The van der Waals surface area contributed by atoms with E-state index in [1.165, 1.54) is 12.1 Å². The van der Waals surface area contributed by atoms with Gasteiger partial charge >= 0.3 is 0 Å². The third kappa shape index (κ3) is 3.34. The predicted molar refractivity (Wildman–Crippen MR) is 76.4 cm³/mol. The summed E-state index contributed by atoms with van der Waals surface area (Å²) in [4.78, 5) is 15.6. The molecule has 7 nitrogen and oxygen atoms in total. The number of hydrogen-bond donors (Lipinski definition) is 2. The van der Waals surface area contributed by atoms with Crippen molar-refractivity contribution in [1.29, 1.82) is 0 Å². The summed E-state index contributed by atoms with van der Waals surface area (Å²) in [6.45, 7) is 0.902.